The van der Waals surface area contributed by atoms with Crippen LogP contribution >= 0.6 is 11.6 Å². The molecule has 1 aliphatic rings. The van der Waals surface area contributed by atoms with Gasteiger partial charge in [-0.15, -0.1) is 0 Å². The Kier molecular flexibility index (Phi) is 6.59. The lowest BCUT2D eigenvalue weighted by molar-refractivity contribution is 0.0963. The highest BCUT2D eigenvalue weighted by Crippen LogP contribution is 2.39. The van der Waals surface area contributed by atoms with Crippen LogP contribution in [0.2, 0.25) is 5.02 Å². The van der Waals surface area contributed by atoms with Gasteiger partial charge >= 0.3 is 0 Å². The second-order valence-corrected chi connectivity index (χ2v) is 9.33. The zero-order valence-electron chi connectivity index (χ0n) is 19.8. The molecule has 0 bridgehead atoms. The number of aryl methyl sites for hydroxylation is 1. The number of hydrogen-bond acceptors (Lipinski definition) is 5. The van der Waals surface area contributed by atoms with Gasteiger partial charge in [0.1, 0.15) is 11.8 Å². The summed E-state index contributed by atoms with van der Waals surface area (Å²) < 4.78 is 6.49. The maximum atomic E-state index is 11.8. The summed E-state index contributed by atoms with van der Waals surface area (Å²) in [6, 6.07) is 13.2. The Morgan fingerprint density at radius 2 is 1.83 bits per heavy atom. The molecule has 0 unspecified atom stereocenters. The number of fused-ring (bicyclic) bond motifs is 1. The van der Waals surface area contributed by atoms with Crippen LogP contribution in [0.4, 0.5) is 11.6 Å². The van der Waals surface area contributed by atoms with Crippen LogP contribution in [0.1, 0.15) is 48.0 Å². The van der Waals surface area contributed by atoms with Crippen molar-refractivity contribution >= 4 is 40.2 Å². The first-order valence-electron chi connectivity index (χ1n) is 11.9. The maximum Gasteiger partial charge on any atom is 0.251 e. The van der Waals surface area contributed by atoms with Gasteiger partial charge in [-0.2, -0.15) is 9.97 Å². The van der Waals surface area contributed by atoms with Crippen molar-refractivity contribution in [2.24, 2.45) is 0 Å². The molecule has 0 spiro atoms. The lowest BCUT2D eigenvalue weighted by Crippen LogP contribution is -2.20. The molecule has 7 nitrogen and oxygen atoms in total. The number of amides is 1. The summed E-state index contributed by atoms with van der Waals surface area (Å²) in [5, 5.41) is 7.37. The predicted octanol–water partition coefficient (Wildman–Crippen LogP) is 6.40. The molecule has 1 saturated carbocycles. The van der Waals surface area contributed by atoms with E-state index in [1.165, 1.54) is 6.42 Å². The Hall–Kier alpha value is -3.58. The van der Waals surface area contributed by atoms with Gasteiger partial charge < -0.3 is 20.4 Å². The molecule has 0 aliphatic heterocycles. The molecule has 35 heavy (non-hydrogen) atoms. The molecule has 180 valence electrons. The SMILES string of the molecule is CNC(=O)c1ccc(Nc2nc(OC3CCCCC3)c3c(-c4ccc(C)cc4Cl)c[nH]c3n2)cc1. The fourth-order valence-corrected chi connectivity index (χ4v) is 4.85. The molecule has 1 fully saturated rings. The van der Waals surface area contributed by atoms with Crippen LogP contribution in [-0.2, 0) is 0 Å². The monoisotopic (exact) mass is 489 g/mol. The van der Waals surface area contributed by atoms with Gasteiger partial charge in [-0.05, 0) is 68.5 Å². The number of hydrogen-bond donors (Lipinski definition) is 3. The van der Waals surface area contributed by atoms with E-state index in [2.05, 4.69) is 15.6 Å². The first-order chi connectivity index (χ1) is 17.0. The molecule has 0 atom stereocenters. The number of ether oxygens (including phenoxy) is 1. The van der Waals surface area contributed by atoms with Crippen molar-refractivity contribution in [1.82, 2.24) is 20.3 Å². The smallest absolute Gasteiger partial charge is 0.251 e. The summed E-state index contributed by atoms with van der Waals surface area (Å²) in [6.07, 6.45) is 7.62. The zero-order valence-corrected chi connectivity index (χ0v) is 20.6. The van der Waals surface area contributed by atoms with Crippen LogP contribution < -0.4 is 15.4 Å². The van der Waals surface area contributed by atoms with Gasteiger partial charge in [-0.3, -0.25) is 4.79 Å². The molecule has 3 N–H and O–H groups in total. The zero-order chi connectivity index (χ0) is 24.4. The van der Waals surface area contributed by atoms with E-state index in [1.54, 1.807) is 19.2 Å². The number of aromatic amines is 1. The van der Waals surface area contributed by atoms with Gasteiger partial charge in [0.2, 0.25) is 11.8 Å². The van der Waals surface area contributed by atoms with Gasteiger partial charge in [-0.25, -0.2) is 0 Å². The number of carbonyl (C=O) groups is 1. The van der Waals surface area contributed by atoms with Crippen molar-refractivity contribution < 1.29 is 9.53 Å². The Morgan fingerprint density at radius 3 is 2.54 bits per heavy atom. The normalized spacial score (nSPS) is 14.1. The number of benzene rings is 2. The topological polar surface area (TPSA) is 91.9 Å². The average Bonchev–Trinajstić information content (AvgIpc) is 3.28. The third-order valence-electron chi connectivity index (χ3n) is 6.37. The predicted molar refractivity (Wildman–Crippen MR) is 140 cm³/mol. The van der Waals surface area contributed by atoms with Crippen molar-refractivity contribution in [2.75, 3.05) is 12.4 Å². The van der Waals surface area contributed by atoms with Crippen molar-refractivity contribution in [1.29, 1.82) is 0 Å². The summed E-state index contributed by atoms with van der Waals surface area (Å²) in [7, 11) is 1.61. The number of rotatable bonds is 6. The van der Waals surface area contributed by atoms with Crippen molar-refractivity contribution in [2.45, 2.75) is 45.1 Å². The molecule has 2 aromatic heterocycles. The van der Waals surface area contributed by atoms with E-state index in [-0.39, 0.29) is 12.0 Å². The molecule has 2 heterocycles. The first kappa shape index (κ1) is 23.2. The second kappa shape index (κ2) is 9.96. The Bertz CT molecular complexity index is 1360. The van der Waals surface area contributed by atoms with Gasteiger partial charge in [0.15, 0.2) is 0 Å². The number of H-pyrrole nitrogens is 1. The van der Waals surface area contributed by atoms with E-state index in [9.17, 15) is 4.79 Å². The van der Waals surface area contributed by atoms with E-state index < -0.39 is 0 Å². The largest absolute Gasteiger partial charge is 0.474 e. The second-order valence-electron chi connectivity index (χ2n) is 8.92. The van der Waals surface area contributed by atoms with Crippen molar-refractivity contribution in [3.05, 3.63) is 64.8 Å². The summed E-state index contributed by atoms with van der Waals surface area (Å²) in [4.78, 5) is 24.6. The lowest BCUT2D eigenvalue weighted by Gasteiger charge is -2.23. The number of halogens is 1. The summed E-state index contributed by atoms with van der Waals surface area (Å²) in [5.41, 5.74) is 4.95. The van der Waals surface area contributed by atoms with Crippen LogP contribution in [0.3, 0.4) is 0 Å². The van der Waals surface area contributed by atoms with Gasteiger partial charge in [0.05, 0.1) is 5.39 Å². The van der Waals surface area contributed by atoms with E-state index >= 15 is 0 Å². The Balaban J connectivity index is 1.54. The molecule has 0 radical (unpaired) electrons. The lowest BCUT2D eigenvalue weighted by atomic mass is 9.98. The third-order valence-corrected chi connectivity index (χ3v) is 6.69. The number of anilines is 2. The van der Waals surface area contributed by atoms with Crippen molar-refractivity contribution in [3.8, 4) is 17.0 Å². The van der Waals surface area contributed by atoms with Crippen LogP contribution in [-0.4, -0.2) is 34.0 Å². The standard InChI is InChI=1S/C27H28ClN5O2/c1-16-8-13-20(22(28)14-16)21-15-30-24-23(21)26(35-19-6-4-3-5-7-19)33-27(32-24)31-18-11-9-17(10-12-18)25(34)29-2/h8-15,19H,3-7H2,1-2H3,(H,29,34)(H2,30,31,32,33). The van der Waals surface area contributed by atoms with Gasteiger partial charge in [0.25, 0.3) is 5.91 Å². The first-order valence-corrected chi connectivity index (χ1v) is 12.3. The van der Waals surface area contributed by atoms with E-state index in [1.807, 2.05) is 43.5 Å². The number of carbonyl (C=O) groups excluding carboxylic acids is 1. The minimum absolute atomic E-state index is 0.123. The summed E-state index contributed by atoms with van der Waals surface area (Å²) >= 11 is 6.61. The average molecular weight is 490 g/mol. The molecule has 8 heteroatoms. The van der Waals surface area contributed by atoms with Crippen LogP contribution in [0.5, 0.6) is 5.88 Å². The van der Waals surface area contributed by atoms with E-state index in [0.29, 0.717) is 28.1 Å². The molecule has 0 saturated heterocycles. The molecule has 5 rings (SSSR count). The number of nitrogens with one attached hydrogen (secondary N) is 3. The molecular formula is C27H28ClN5O2. The van der Waals surface area contributed by atoms with E-state index in [4.69, 9.17) is 26.3 Å². The molecule has 4 aromatic rings. The van der Waals surface area contributed by atoms with E-state index in [0.717, 1.165) is 53.4 Å². The van der Waals surface area contributed by atoms with Crippen LogP contribution in [0, 0.1) is 6.92 Å². The summed E-state index contributed by atoms with van der Waals surface area (Å²) in [5.74, 6) is 0.824. The molecular weight excluding hydrogens is 462 g/mol. The number of nitrogens with zero attached hydrogens (tertiary/aromatic N) is 2. The fourth-order valence-electron chi connectivity index (χ4n) is 4.51. The third kappa shape index (κ3) is 4.95. The van der Waals surface area contributed by atoms with Crippen LogP contribution in [0.25, 0.3) is 22.2 Å². The Morgan fingerprint density at radius 1 is 1.06 bits per heavy atom. The van der Waals surface area contributed by atoms with Crippen LogP contribution in [0.15, 0.2) is 48.7 Å². The van der Waals surface area contributed by atoms with Gasteiger partial charge in [-0.1, -0.05) is 30.2 Å². The highest BCUT2D eigenvalue weighted by atomic mass is 35.5. The summed E-state index contributed by atoms with van der Waals surface area (Å²) in [6.45, 7) is 2.02. The minimum Gasteiger partial charge on any atom is -0.474 e. The minimum atomic E-state index is -0.133. The van der Waals surface area contributed by atoms with Gasteiger partial charge in [0, 0.05) is 40.6 Å². The fraction of sp³-hybridized carbons (Fsp3) is 0.296. The highest BCUT2D eigenvalue weighted by Gasteiger charge is 2.22. The molecule has 1 aliphatic carbocycles. The highest BCUT2D eigenvalue weighted by molar-refractivity contribution is 6.33. The molecule has 1 amide bonds. The molecule has 2 aromatic carbocycles. The Labute approximate surface area is 209 Å². The maximum absolute atomic E-state index is 11.8. The quantitative estimate of drug-likeness (QED) is 0.291. The van der Waals surface area contributed by atoms with Crippen molar-refractivity contribution in [3.63, 3.8) is 0 Å². The number of aromatic nitrogens is 3.